The predicted octanol–water partition coefficient (Wildman–Crippen LogP) is 8.36. The Balaban J connectivity index is 1.67. The molecule has 3 rings (SSSR count). The molecule has 0 aliphatic heterocycles. The lowest BCUT2D eigenvalue weighted by Crippen LogP contribution is -2.06. The summed E-state index contributed by atoms with van der Waals surface area (Å²) in [5.74, 6) is 7.57. The standard InChI is InChI=1S/C26H33Cl/c1-2-3-4-6-9-21-12-14-22(15-13-21)16-17-24-18-19-25(27)20-26(24)23-10-7-5-8-11-23/h12,14,18-20,23H,2-11,13,15H2,1H3. The topological polar surface area (TPSA) is 0 Å². The van der Waals surface area contributed by atoms with Crippen LogP contribution in [0.1, 0.15) is 101 Å². The fraction of sp³-hybridized carbons (Fsp3) is 0.538. The van der Waals surface area contributed by atoms with Crippen LogP contribution in [0.2, 0.25) is 5.02 Å². The van der Waals surface area contributed by atoms with Gasteiger partial charge in [-0.3, -0.25) is 0 Å². The molecule has 0 heterocycles. The van der Waals surface area contributed by atoms with Crippen LogP contribution < -0.4 is 0 Å². The minimum atomic E-state index is 0.636. The molecule has 0 aromatic heterocycles. The van der Waals surface area contributed by atoms with E-state index >= 15 is 0 Å². The summed E-state index contributed by atoms with van der Waals surface area (Å²) >= 11 is 6.29. The van der Waals surface area contributed by atoms with Crippen molar-refractivity contribution in [2.45, 2.75) is 89.9 Å². The van der Waals surface area contributed by atoms with E-state index in [0.29, 0.717) is 5.92 Å². The van der Waals surface area contributed by atoms with Gasteiger partial charge in [-0.05, 0) is 68.2 Å². The second kappa shape index (κ2) is 10.8. The van der Waals surface area contributed by atoms with Crippen molar-refractivity contribution in [3.8, 4) is 11.8 Å². The summed E-state index contributed by atoms with van der Waals surface area (Å²) in [4.78, 5) is 0. The Hall–Kier alpha value is -1.45. The Bertz CT molecular complexity index is 735. The summed E-state index contributed by atoms with van der Waals surface area (Å²) in [5.41, 5.74) is 5.43. The third-order valence-electron chi connectivity index (χ3n) is 6.00. The van der Waals surface area contributed by atoms with E-state index in [9.17, 15) is 0 Å². The Kier molecular flexibility index (Phi) is 8.10. The minimum absolute atomic E-state index is 0.636. The quantitative estimate of drug-likeness (QED) is 0.343. The van der Waals surface area contributed by atoms with Crippen LogP contribution in [-0.4, -0.2) is 0 Å². The van der Waals surface area contributed by atoms with E-state index in [1.54, 1.807) is 5.57 Å². The molecular formula is C26H33Cl. The highest BCUT2D eigenvalue weighted by molar-refractivity contribution is 6.30. The molecule has 0 bridgehead atoms. The number of benzene rings is 1. The van der Waals surface area contributed by atoms with Gasteiger partial charge in [-0.2, -0.15) is 0 Å². The maximum Gasteiger partial charge on any atom is 0.0409 e. The van der Waals surface area contributed by atoms with Crippen LogP contribution in [0.15, 0.2) is 41.5 Å². The molecular weight excluding hydrogens is 348 g/mol. The number of hydrogen-bond donors (Lipinski definition) is 0. The first-order chi connectivity index (χ1) is 13.3. The largest absolute Gasteiger partial charge is 0.0843 e. The van der Waals surface area contributed by atoms with Gasteiger partial charge in [0.15, 0.2) is 0 Å². The monoisotopic (exact) mass is 380 g/mol. The molecule has 1 aromatic carbocycles. The van der Waals surface area contributed by atoms with Crippen LogP contribution in [0.5, 0.6) is 0 Å². The smallest absolute Gasteiger partial charge is 0.0409 e. The first kappa shape index (κ1) is 20.3. The average Bonchev–Trinajstić information content (AvgIpc) is 2.72. The van der Waals surface area contributed by atoms with Gasteiger partial charge in [0.1, 0.15) is 0 Å². The summed E-state index contributed by atoms with van der Waals surface area (Å²) in [6, 6.07) is 6.27. The number of halogens is 1. The Morgan fingerprint density at radius 1 is 0.963 bits per heavy atom. The fourth-order valence-corrected chi connectivity index (χ4v) is 4.50. The molecule has 0 N–H and O–H groups in total. The summed E-state index contributed by atoms with van der Waals surface area (Å²) in [6.07, 6.45) is 20.1. The molecule has 0 unspecified atom stereocenters. The molecule has 27 heavy (non-hydrogen) atoms. The predicted molar refractivity (Wildman–Crippen MR) is 118 cm³/mol. The van der Waals surface area contributed by atoms with E-state index in [1.165, 1.54) is 87.3 Å². The van der Waals surface area contributed by atoms with Crippen molar-refractivity contribution in [2.75, 3.05) is 0 Å². The molecule has 2 aliphatic carbocycles. The first-order valence-corrected chi connectivity index (χ1v) is 11.3. The highest BCUT2D eigenvalue weighted by atomic mass is 35.5. The molecule has 1 saturated carbocycles. The zero-order chi connectivity index (χ0) is 18.9. The molecule has 0 saturated heterocycles. The highest BCUT2D eigenvalue weighted by Gasteiger charge is 2.18. The Morgan fingerprint density at radius 3 is 2.56 bits per heavy atom. The second-order valence-corrected chi connectivity index (χ2v) is 8.58. The lowest BCUT2D eigenvalue weighted by Gasteiger charge is -2.23. The zero-order valence-corrected chi connectivity index (χ0v) is 17.6. The van der Waals surface area contributed by atoms with Crippen molar-refractivity contribution in [2.24, 2.45) is 0 Å². The maximum absolute atomic E-state index is 6.29. The van der Waals surface area contributed by atoms with Crippen molar-refractivity contribution in [1.82, 2.24) is 0 Å². The van der Waals surface area contributed by atoms with Crippen LogP contribution in [-0.2, 0) is 0 Å². The fourth-order valence-electron chi connectivity index (χ4n) is 4.32. The van der Waals surface area contributed by atoms with Crippen molar-refractivity contribution < 1.29 is 0 Å². The SMILES string of the molecule is CCCCCCC1=CC=C(C#Cc2ccc(Cl)cc2C2CCCCC2)CC1. The van der Waals surface area contributed by atoms with Crippen LogP contribution in [0, 0.1) is 11.8 Å². The van der Waals surface area contributed by atoms with Gasteiger partial charge in [0.05, 0.1) is 0 Å². The molecule has 144 valence electrons. The highest BCUT2D eigenvalue weighted by Crippen LogP contribution is 2.35. The third-order valence-corrected chi connectivity index (χ3v) is 6.24. The summed E-state index contributed by atoms with van der Waals surface area (Å²) in [5, 5.41) is 0.841. The zero-order valence-electron chi connectivity index (χ0n) is 16.8. The van der Waals surface area contributed by atoms with E-state index in [2.05, 4.69) is 43.0 Å². The third kappa shape index (κ3) is 6.29. The molecule has 1 fully saturated rings. The van der Waals surface area contributed by atoms with Gasteiger partial charge in [0, 0.05) is 16.2 Å². The lowest BCUT2D eigenvalue weighted by atomic mass is 9.82. The second-order valence-electron chi connectivity index (χ2n) is 8.14. The van der Waals surface area contributed by atoms with E-state index in [-0.39, 0.29) is 0 Å². The van der Waals surface area contributed by atoms with Crippen LogP contribution in [0.4, 0.5) is 0 Å². The minimum Gasteiger partial charge on any atom is -0.0843 e. The van der Waals surface area contributed by atoms with Gasteiger partial charge in [0.25, 0.3) is 0 Å². The number of hydrogen-bond acceptors (Lipinski definition) is 0. The normalized spacial score (nSPS) is 17.7. The summed E-state index contributed by atoms with van der Waals surface area (Å²) in [7, 11) is 0. The van der Waals surface area contributed by atoms with Gasteiger partial charge >= 0.3 is 0 Å². The van der Waals surface area contributed by atoms with Crippen LogP contribution >= 0.6 is 11.6 Å². The molecule has 0 radical (unpaired) electrons. The molecule has 1 heteroatoms. The van der Waals surface area contributed by atoms with Gasteiger partial charge in [-0.25, -0.2) is 0 Å². The van der Waals surface area contributed by atoms with Gasteiger partial charge in [0.2, 0.25) is 0 Å². The van der Waals surface area contributed by atoms with E-state index in [1.807, 2.05) is 6.07 Å². The van der Waals surface area contributed by atoms with Crippen molar-refractivity contribution >= 4 is 11.6 Å². The van der Waals surface area contributed by atoms with Gasteiger partial charge in [-0.1, -0.05) is 86.6 Å². The van der Waals surface area contributed by atoms with E-state index in [0.717, 1.165) is 11.4 Å². The molecule has 2 aliphatic rings. The average molecular weight is 381 g/mol. The first-order valence-electron chi connectivity index (χ1n) is 11.0. The summed E-state index contributed by atoms with van der Waals surface area (Å²) in [6.45, 7) is 2.27. The molecule has 0 atom stereocenters. The van der Waals surface area contributed by atoms with Crippen molar-refractivity contribution in [1.29, 1.82) is 0 Å². The number of unbranched alkanes of at least 4 members (excludes halogenated alkanes) is 3. The van der Waals surface area contributed by atoms with Crippen LogP contribution in [0.3, 0.4) is 0 Å². The maximum atomic E-state index is 6.29. The van der Waals surface area contributed by atoms with E-state index in [4.69, 9.17) is 11.6 Å². The van der Waals surface area contributed by atoms with Crippen molar-refractivity contribution in [3.63, 3.8) is 0 Å². The van der Waals surface area contributed by atoms with Crippen LogP contribution in [0.25, 0.3) is 0 Å². The number of rotatable bonds is 6. The number of allylic oxidation sites excluding steroid dienone is 4. The van der Waals surface area contributed by atoms with Gasteiger partial charge < -0.3 is 0 Å². The summed E-state index contributed by atoms with van der Waals surface area (Å²) < 4.78 is 0. The molecule has 0 nitrogen and oxygen atoms in total. The molecule has 0 amide bonds. The van der Waals surface area contributed by atoms with Crippen molar-refractivity contribution in [3.05, 3.63) is 57.6 Å². The Labute approximate surface area is 171 Å². The molecule has 1 aromatic rings. The van der Waals surface area contributed by atoms with E-state index < -0.39 is 0 Å². The van der Waals surface area contributed by atoms with Gasteiger partial charge in [-0.15, -0.1) is 0 Å². The lowest BCUT2D eigenvalue weighted by molar-refractivity contribution is 0.443. The Morgan fingerprint density at radius 2 is 1.81 bits per heavy atom. The molecule has 0 spiro atoms.